The molecule has 0 aromatic heterocycles. The van der Waals surface area contributed by atoms with Crippen LogP contribution < -0.4 is 4.90 Å². The number of carbonyl (C=O) groups is 4. The SMILES string of the molecule is O=C(O[C@H](C(=O)c1ccccc1)c1ccc(Cl)cc1)c1ccc2c(c1)C(=O)N(c1ccc([N+](=O)[O-])cc1)C2=O. The summed E-state index contributed by atoms with van der Waals surface area (Å²) in [5, 5.41) is 11.4. The molecule has 0 saturated carbocycles. The second-order valence-electron chi connectivity index (χ2n) is 8.55. The van der Waals surface area contributed by atoms with E-state index in [0.717, 1.165) is 4.90 Å². The van der Waals surface area contributed by atoms with Crippen LogP contribution >= 0.6 is 11.6 Å². The summed E-state index contributed by atoms with van der Waals surface area (Å²) in [4.78, 5) is 63.8. The molecule has 4 aromatic rings. The number of nitro groups is 1. The van der Waals surface area contributed by atoms with Gasteiger partial charge in [-0.2, -0.15) is 0 Å². The molecule has 0 fully saturated rings. The Labute approximate surface area is 226 Å². The normalized spacial score (nSPS) is 13.1. The van der Waals surface area contributed by atoms with Crippen molar-refractivity contribution in [1.82, 2.24) is 0 Å². The molecule has 0 bridgehead atoms. The second kappa shape index (κ2) is 10.3. The molecular formula is C29H17ClN2O7. The molecule has 0 radical (unpaired) electrons. The number of nitro benzene ring substituents is 1. The molecule has 1 aliphatic heterocycles. The average Bonchev–Trinajstić information content (AvgIpc) is 3.21. The van der Waals surface area contributed by atoms with Crippen LogP contribution in [0.5, 0.6) is 0 Å². The summed E-state index contributed by atoms with van der Waals surface area (Å²) in [5.41, 5.74) is 0.667. The molecule has 2 amide bonds. The maximum Gasteiger partial charge on any atom is 0.339 e. The van der Waals surface area contributed by atoms with Gasteiger partial charge in [0.15, 0.2) is 6.10 Å². The third-order valence-corrected chi connectivity index (χ3v) is 6.39. The fraction of sp³-hybridized carbons (Fsp3) is 0.0345. The van der Waals surface area contributed by atoms with Crippen LogP contribution in [-0.2, 0) is 4.74 Å². The minimum Gasteiger partial charge on any atom is -0.445 e. The predicted octanol–water partition coefficient (Wildman–Crippen LogP) is 5.83. The van der Waals surface area contributed by atoms with E-state index in [1.807, 2.05) is 0 Å². The zero-order valence-electron chi connectivity index (χ0n) is 19.9. The van der Waals surface area contributed by atoms with E-state index in [1.165, 1.54) is 42.5 Å². The number of hydrogen-bond donors (Lipinski definition) is 0. The lowest BCUT2D eigenvalue weighted by atomic mass is 9.99. The number of ketones is 1. The van der Waals surface area contributed by atoms with Gasteiger partial charge in [0, 0.05) is 28.3 Å². The van der Waals surface area contributed by atoms with Crippen molar-refractivity contribution in [3.05, 3.63) is 140 Å². The van der Waals surface area contributed by atoms with E-state index in [1.54, 1.807) is 54.6 Å². The Morgan fingerprint density at radius 3 is 2.08 bits per heavy atom. The van der Waals surface area contributed by atoms with Crippen LogP contribution in [0, 0.1) is 10.1 Å². The second-order valence-corrected chi connectivity index (χ2v) is 8.98. The number of hydrogen-bond acceptors (Lipinski definition) is 7. The largest absolute Gasteiger partial charge is 0.445 e. The highest BCUT2D eigenvalue weighted by atomic mass is 35.5. The number of imide groups is 1. The van der Waals surface area contributed by atoms with E-state index < -0.39 is 34.6 Å². The molecular weight excluding hydrogens is 524 g/mol. The predicted molar refractivity (Wildman–Crippen MR) is 141 cm³/mol. The number of halogens is 1. The van der Waals surface area contributed by atoms with Crippen LogP contribution in [0.2, 0.25) is 5.02 Å². The van der Waals surface area contributed by atoms with E-state index >= 15 is 0 Å². The van der Waals surface area contributed by atoms with E-state index in [0.29, 0.717) is 16.1 Å². The van der Waals surface area contributed by atoms with Crippen molar-refractivity contribution in [3.63, 3.8) is 0 Å². The highest BCUT2D eigenvalue weighted by molar-refractivity contribution is 6.34. The van der Waals surface area contributed by atoms with Crippen LogP contribution in [0.25, 0.3) is 0 Å². The highest BCUT2D eigenvalue weighted by Crippen LogP contribution is 2.31. The van der Waals surface area contributed by atoms with Crippen LogP contribution in [0.4, 0.5) is 11.4 Å². The summed E-state index contributed by atoms with van der Waals surface area (Å²) in [6.45, 7) is 0. The zero-order valence-corrected chi connectivity index (χ0v) is 20.7. The number of rotatable bonds is 7. The molecule has 1 heterocycles. The summed E-state index contributed by atoms with van der Waals surface area (Å²) in [5.74, 6) is -2.67. The summed E-state index contributed by atoms with van der Waals surface area (Å²) in [7, 11) is 0. The summed E-state index contributed by atoms with van der Waals surface area (Å²) in [6, 6.07) is 23.5. The van der Waals surface area contributed by atoms with Gasteiger partial charge in [0.25, 0.3) is 17.5 Å². The molecule has 0 aliphatic carbocycles. The summed E-state index contributed by atoms with van der Waals surface area (Å²) >= 11 is 5.99. The fourth-order valence-corrected chi connectivity index (χ4v) is 4.29. The monoisotopic (exact) mass is 540 g/mol. The number of Topliss-reactive ketones (excluding diaryl/α,β-unsaturated/α-hetero) is 1. The van der Waals surface area contributed by atoms with Gasteiger partial charge in [0.05, 0.1) is 27.3 Å². The molecule has 0 N–H and O–H groups in total. The molecule has 5 rings (SSSR count). The first-order chi connectivity index (χ1) is 18.7. The molecule has 1 aliphatic rings. The Morgan fingerprint density at radius 2 is 1.44 bits per heavy atom. The Kier molecular flexibility index (Phi) is 6.74. The first-order valence-corrected chi connectivity index (χ1v) is 12.0. The number of benzene rings is 4. The van der Waals surface area contributed by atoms with Gasteiger partial charge in [-0.15, -0.1) is 0 Å². The lowest BCUT2D eigenvalue weighted by Crippen LogP contribution is -2.29. The van der Waals surface area contributed by atoms with E-state index in [9.17, 15) is 29.3 Å². The van der Waals surface area contributed by atoms with E-state index in [-0.39, 0.29) is 28.1 Å². The van der Waals surface area contributed by atoms with Gasteiger partial charge in [-0.1, -0.05) is 54.1 Å². The van der Waals surface area contributed by atoms with Crippen molar-refractivity contribution in [3.8, 4) is 0 Å². The van der Waals surface area contributed by atoms with Crippen LogP contribution in [0.15, 0.2) is 97.1 Å². The number of anilines is 1. The molecule has 192 valence electrons. The average molecular weight is 541 g/mol. The Hall–Kier alpha value is -5.15. The summed E-state index contributed by atoms with van der Waals surface area (Å²) < 4.78 is 5.64. The van der Waals surface area contributed by atoms with E-state index in [2.05, 4.69) is 0 Å². The zero-order chi connectivity index (χ0) is 27.7. The third kappa shape index (κ3) is 4.90. The molecule has 1 atom stereocenters. The van der Waals surface area contributed by atoms with Crippen LogP contribution in [-0.4, -0.2) is 28.5 Å². The van der Waals surface area contributed by atoms with Gasteiger partial charge < -0.3 is 4.74 Å². The quantitative estimate of drug-likeness (QED) is 0.0949. The van der Waals surface area contributed by atoms with Crippen molar-refractivity contribution in [2.75, 3.05) is 4.90 Å². The van der Waals surface area contributed by atoms with Gasteiger partial charge in [-0.05, 0) is 42.5 Å². The van der Waals surface area contributed by atoms with Gasteiger partial charge in [-0.3, -0.25) is 24.5 Å². The van der Waals surface area contributed by atoms with Crippen molar-refractivity contribution in [2.24, 2.45) is 0 Å². The number of esters is 1. The molecule has 9 nitrogen and oxygen atoms in total. The Morgan fingerprint density at radius 1 is 0.795 bits per heavy atom. The van der Waals surface area contributed by atoms with Crippen molar-refractivity contribution < 1.29 is 28.8 Å². The number of nitrogens with zero attached hydrogens (tertiary/aromatic N) is 2. The molecule has 0 saturated heterocycles. The number of fused-ring (bicyclic) bond motifs is 1. The first kappa shape index (κ1) is 25.5. The Bertz CT molecular complexity index is 1640. The fourth-order valence-electron chi connectivity index (χ4n) is 4.17. The lowest BCUT2D eigenvalue weighted by molar-refractivity contribution is -0.384. The van der Waals surface area contributed by atoms with Crippen molar-refractivity contribution in [2.45, 2.75) is 6.10 Å². The molecule has 0 spiro atoms. The van der Waals surface area contributed by atoms with Gasteiger partial charge >= 0.3 is 5.97 Å². The first-order valence-electron chi connectivity index (χ1n) is 11.6. The molecule has 0 unspecified atom stereocenters. The smallest absolute Gasteiger partial charge is 0.339 e. The number of carbonyl (C=O) groups excluding carboxylic acids is 4. The molecule has 10 heteroatoms. The van der Waals surface area contributed by atoms with E-state index in [4.69, 9.17) is 16.3 Å². The topological polar surface area (TPSA) is 124 Å². The van der Waals surface area contributed by atoms with Crippen LogP contribution in [0.1, 0.15) is 53.1 Å². The molecule has 4 aromatic carbocycles. The standard InChI is InChI=1S/C29H17ClN2O7/c30-20-9-6-18(7-10-20)26(25(33)17-4-2-1-3-5-17)39-29(36)19-8-15-23-24(16-19)28(35)31(27(23)34)21-11-13-22(14-12-21)32(37)38/h1-16,26H/t26-/m0/s1. The maximum atomic E-state index is 13.3. The van der Waals surface area contributed by atoms with Gasteiger partial charge in [0.1, 0.15) is 0 Å². The highest BCUT2D eigenvalue weighted by Gasteiger charge is 2.38. The number of amides is 2. The minimum atomic E-state index is -1.29. The molecule has 39 heavy (non-hydrogen) atoms. The minimum absolute atomic E-state index is 0.0368. The van der Waals surface area contributed by atoms with Gasteiger partial charge in [-0.25, -0.2) is 9.69 Å². The third-order valence-electron chi connectivity index (χ3n) is 6.14. The summed E-state index contributed by atoms with van der Waals surface area (Å²) in [6.07, 6.45) is -1.29. The Balaban J connectivity index is 1.43. The van der Waals surface area contributed by atoms with Crippen molar-refractivity contribution >= 4 is 46.5 Å². The van der Waals surface area contributed by atoms with Gasteiger partial charge in [0.2, 0.25) is 5.78 Å². The van der Waals surface area contributed by atoms with Crippen LogP contribution in [0.3, 0.4) is 0 Å². The number of non-ortho nitro benzene ring substituents is 1. The lowest BCUT2D eigenvalue weighted by Gasteiger charge is -2.18. The number of ether oxygens (including phenoxy) is 1. The van der Waals surface area contributed by atoms with Crippen molar-refractivity contribution in [1.29, 1.82) is 0 Å². The maximum absolute atomic E-state index is 13.3.